The quantitative estimate of drug-likeness (QED) is 0.685. The highest BCUT2D eigenvalue weighted by molar-refractivity contribution is 5.83. The molecular weight excluding hydrogens is 198 g/mol. The number of nitrogens with one attached hydrogen (secondary N) is 1. The van der Waals surface area contributed by atoms with Gasteiger partial charge >= 0.3 is 5.97 Å². The average molecular weight is 211 g/mol. The van der Waals surface area contributed by atoms with E-state index >= 15 is 0 Å². The van der Waals surface area contributed by atoms with Crippen LogP contribution in [0, 0.1) is 0 Å². The van der Waals surface area contributed by atoms with Crippen LogP contribution in [0.15, 0.2) is 18.5 Å². The molecule has 0 aliphatic rings. The summed E-state index contributed by atoms with van der Waals surface area (Å²) in [5.41, 5.74) is 0. The van der Waals surface area contributed by atoms with Gasteiger partial charge in [0.25, 0.3) is 0 Å². The summed E-state index contributed by atoms with van der Waals surface area (Å²) >= 11 is 0. The Morgan fingerprint density at radius 1 is 1.60 bits per heavy atom. The Morgan fingerprint density at radius 3 is 2.80 bits per heavy atom. The Bertz CT molecular complexity index is 334. The average Bonchev–Trinajstić information content (AvgIpc) is 2.67. The zero-order valence-electron chi connectivity index (χ0n) is 8.64. The molecule has 6 heteroatoms. The van der Waals surface area contributed by atoms with Crippen LogP contribution < -0.4 is 5.32 Å². The van der Waals surface area contributed by atoms with Crippen molar-refractivity contribution in [3.8, 4) is 0 Å². The molecule has 6 nitrogen and oxygen atoms in total. The number of hydrogen-bond donors (Lipinski definition) is 1. The molecule has 1 amide bonds. The number of carbonyl (C=O) groups excluding carboxylic acids is 2. The molecule has 82 valence electrons. The lowest BCUT2D eigenvalue weighted by Gasteiger charge is -2.15. The van der Waals surface area contributed by atoms with Crippen LogP contribution in [0.4, 0.5) is 0 Å². The lowest BCUT2D eigenvalue weighted by atomic mass is 10.3. The summed E-state index contributed by atoms with van der Waals surface area (Å²) in [5, 5.41) is 6.43. The molecule has 0 bridgehead atoms. The zero-order chi connectivity index (χ0) is 11.3. The topological polar surface area (TPSA) is 73.2 Å². The van der Waals surface area contributed by atoms with E-state index < -0.39 is 12.0 Å². The highest BCUT2D eigenvalue weighted by Crippen LogP contribution is 1.94. The third-order valence-electron chi connectivity index (χ3n) is 1.79. The molecule has 1 heterocycles. The van der Waals surface area contributed by atoms with Gasteiger partial charge in [-0.05, 0) is 6.07 Å². The largest absolute Gasteiger partial charge is 0.467 e. The number of aromatic nitrogens is 2. The first-order valence-corrected chi connectivity index (χ1v) is 4.46. The second-order valence-corrected chi connectivity index (χ2v) is 3.00. The lowest BCUT2D eigenvalue weighted by molar-refractivity contribution is -0.145. The summed E-state index contributed by atoms with van der Waals surface area (Å²) in [4.78, 5) is 22.2. The van der Waals surface area contributed by atoms with Gasteiger partial charge in [-0.1, -0.05) is 0 Å². The minimum absolute atomic E-state index is 0.263. The van der Waals surface area contributed by atoms with Gasteiger partial charge in [-0.3, -0.25) is 9.48 Å². The predicted octanol–water partition coefficient (Wildman–Crippen LogP) is -0.439. The van der Waals surface area contributed by atoms with Crippen LogP contribution in [0.5, 0.6) is 0 Å². The van der Waals surface area contributed by atoms with E-state index in [0.717, 1.165) is 0 Å². The summed E-state index contributed by atoms with van der Waals surface area (Å²) < 4.78 is 6.12. The van der Waals surface area contributed by atoms with Crippen LogP contribution in [0.2, 0.25) is 0 Å². The fraction of sp³-hybridized carbons (Fsp3) is 0.444. The first-order chi connectivity index (χ1) is 7.13. The van der Waals surface area contributed by atoms with Gasteiger partial charge in [0.2, 0.25) is 5.91 Å². The Labute approximate surface area is 87.2 Å². The minimum atomic E-state index is -0.701. The van der Waals surface area contributed by atoms with E-state index in [1.165, 1.54) is 14.0 Å². The van der Waals surface area contributed by atoms with Crippen molar-refractivity contribution in [1.29, 1.82) is 0 Å². The van der Waals surface area contributed by atoms with E-state index in [4.69, 9.17) is 0 Å². The molecule has 0 aliphatic heterocycles. The monoisotopic (exact) mass is 211 g/mol. The van der Waals surface area contributed by atoms with Gasteiger partial charge in [0.15, 0.2) is 0 Å². The number of ether oxygens (including phenoxy) is 1. The molecular formula is C9H13N3O3. The summed E-state index contributed by atoms with van der Waals surface area (Å²) in [6, 6.07) is 1.04. The molecule has 1 aromatic rings. The zero-order valence-corrected chi connectivity index (χ0v) is 8.64. The van der Waals surface area contributed by atoms with Crippen LogP contribution in [0.1, 0.15) is 6.92 Å². The van der Waals surface area contributed by atoms with E-state index in [2.05, 4.69) is 15.2 Å². The van der Waals surface area contributed by atoms with E-state index in [9.17, 15) is 9.59 Å². The standard InChI is InChI=1S/C9H13N3O3/c1-7(13)11-8(9(14)15-2)6-12-5-3-4-10-12/h3-5,8H,6H2,1-2H3,(H,11,13)/t8-/m1/s1. The maximum atomic E-state index is 11.3. The van der Waals surface area contributed by atoms with Crippen molar-refractivity contribution >= 4 is 11.9 Å². The molecule has 0 saturated carbocycles. The van der Waals surface area contributed by atoms with E-state index in [0.29, 0.717) is 0 Å². The van der Waals surface area contributed by atoms with E-state index in [1.54, 1.807) is 23.1 Å². The SMILES string of the molecule is COC(=O)[C@@H](Cn1cccn1)NC(C)=O. The van der Waals surface area contributed by atoms with Crippen molar-refractivity contribution in [3.05, 3.63) is 18.5 Å². The molecule has 0 fully saturated rings. The summed E-state index contributed by atoms with van der Waals surface area (Å²) in [6.45, 7) is 1.61. The highest BCUT2D eigenvalue weighted by atomic mass is 16.5. The van der Waals surface area contributed by atoms with Gasteiger partial charge in [-0.25, -0.2) is 4.79 Å². The molecule has 0 radical (unpaired) electrons. The van der Waals surface area contributed by atoms with Crippen LogP contribution in [0.3, 0.4) is 0 Å². The van der Waals surface area contributed by atoms with Gasteiger partial charge < -0.3 is 10.1 Å². The van der Waals surface area contributed by atoms with Crippen LogP contribution in [-0.2, 0) is 20.9 Å². The second kappa shape index (κ2) is 5.14. The number of amides is 1. The molecule has 1 rings (SSSR count). The molecule has 0 unspecified atom stereocenters. The molecule has 0 saturated heterocycles. The lowest BCUT2D eigenvalue weighted by Crippen LogP contribution is -2.43. The number of esters is 1. The Morgan fingerprint density at radius 2 is 2.33 bits per heavy atom. The Kier molecular flexibility index (Phi) is 3.84. The van der Waals surface area contributed by atoms with Crippen LogP contribution in [0.25, 0.3) is 0 Å². The first-order valence-electron chi connectivity index (χ1n) is 4.46. The van der Waals surface area contributed by atoms with Crippen LogP contribution >= 0.6 is 0 Å². The molecule has 15 heavy (non-hydrogen) atoms. The van der Waals surface area contributed by atoms with Gasteiger partial charge in [-0.15, -0.1) is 0 Å². The van der Waals surface area contributed by atoms with E-state index in [1.807, 2.05) is 0 Å². The van der Waals surface area contributed by atoms with Crippen molar-refractivity contribution in [2.75, 3.05) is 7.11 Å². The maximum Gasteiger partial charge on any atom is 0.330 e. The van der Waals surface area contributed by atoms with Crippen molar-refractivity contribution in [3.63, 3.8) is 0 Å². The molecule has 1 aromatic heterocycles. The highest BCUT2D eigenvalue weighted by Gasteiger charge is 2.20. The first kappa shape index (κ1) is 11.2. The van der Waals surface area contributed by atoms with Gasteiger partial charge in [0, 0.05) is 19.3 Å². The van der Waals surface area contributed by atoms with Crippen molar-refractivity contribution in [1.82, 2.24) is 15.1 Å². The van der Waals surface area contributed by atoms with Gasteiger partial charge in [0.1, 0.15) is 6.04 Å². The minimum Gasteiger partial charge on any atom is -0.467 e. The normalized spacial score (nSPS) is 11.9. The number of methoxy groups -OCH3 is 1. The second-order valence-electron chi connectivity index (χ2n) is 3.00. The summed E-state index contributed by atoms with van der Waals surface area (Å²) in [5.74, 6) is -0.766. The molecule has 0 aromatic carbocycles. The Balaban J connectivity index is 2.64. The van der Waals surface area contributed by atoms with Crippen LogP contribution in [-0.4, -0.2) is 34.8 Å². The fourth-order valence-corrected chi connectivity index (χ4v) is 1.16. The van der Waals surface area contributed by atoms with Crippen molar-refractivity contribution in [2.24, 2.45) is 0 Å². The molecule has 1 N–H and O–H groups in total. The van der Waals surface area contributed by atoms with Crippen molar-refractivity contribution < 1.29 is 14.3 Å². The van der Waals surface area contributed by atoms with E-state index in [-0.39, 0.29) is 12.5 Å². The Hall–Kier alpha value is -1.85. The van der Waals surface area contributed by atoms with Gasteiger partial charge in [-0.2, -0.15) is 5.10 Å². The molecule has 1 atom stereocenters. The number of carbonyl (C=O) groups is 2. The summed E-state index contributed by atoms with van der Waals surface area (Å²) in [6.07, 6.45) is 3.31. The summed E-state index contributed by atoms with van der Waals surface area (Å²) in [7, 11) is 1.28. The fourth-order valence-electron chi connectivity index (χ4n) is 1.16. The number of hydrogen-bond acceptors (Lipinski definition) is 4. The third-order valence-corrected chi connectivity index (χ3v) is 1.79. The molecule has 0 spiro atoms. The van der Waals surface area contributed by atoms with Crippen molar-refractivity contribution in [2.45, 2.75) is 19.5 Å². The third kappa shape index (κ3) is 3.41. The predicted molar refractivity (Wildman–Crippen MR) is 51.8 cm³/mol. The molecule has 0 aliphatic carbocycles. The smallest absolute Gasteiger partial charge is 0.330 e. The van der Waals surface area contributed by atoms with Gasteiger partial charge in [0.05, 0.1) is 13.7 Å². The number of nitrogens with zero attached hydrogens (tertiary/aromatic N) is 2. The maximum absolute atomic E-state index is 11.3. The number of rotatable bonds is 4.